The van der Waals surface area contributed by atoms with Gasteiger partial charge < -0.3 is 10.0 Å². The number of aryl methyl sites for hydroxylation is 2. The molecule has 0 bridgehead atoms. The molecule has 3 nitrogen and oxygen atoms in total. The van der Waals surface area contributed by atoms with E-state index < -0.39 is 0 Å². The van der Waals surface area contributed by atoms with Crippen molar-refractivity contribution in [3.8, 4) is 0 Å². The molecule has 0 atom stereocenters. The van der Waals surface area contributed by atoms with Crippen LogP contribution in [0, 0.1) is 6.92 Å². The Balaban J connectivity index is 2.48. The third-order valence-corrected chi connectivity index (χ3v) is 2.93. The Kier molecular flexibility index (Phi) is 6.44. The highest BCUT2D eigenvalue weighted by Gasteiger charge is 2.11. The van der Waals surface area contributed by atoms with Crippen molar-refractivity contribution in [1.29, 1.82) is 0 Å². The molecule has 1 amide bonds. The van der Waals surface area contributed by atoms with Crippen LogP contribution < -0.4 is 0 Å². The Labute approximate surface area is 109 Å². The molecular formula is C15H23NO2. The number of carbonyl (C=O) groups is 1. The number of hydrogen-bond donors (Lipinski definition) is 1. The Morgan fingerprint density at radius 3 is 2.72 bits per heavy atom. The number of aliphatic hydroxyl groups is 1. The van der Waals surface area contributed by atoms with E-state index >= 15 is 0 Å². The maximum atomic E-state index is 12.0. The SMILES string of the molecule is CCCN(CCO)C(=O)CCc1cccc(C)c1. The second-order valence-corrected chi connectivity index (χ2v) is 4.59. The fourth-order valence-electron chi connectivity index (χ4n) is 2.03. The van der Waals surface area contributed by atoms with Gasteiger partial charge in [-0.15, -0.1) is 0 Å². The van der Waals surface area contributed by atoms with Gasteiger partial charge in [-0.2, -0.15) is 0 Å². The topological polar surface area (TPSA) is 40.5 Å². The summed E-state index contributed by atoms with van der Waals surface area (Å²) in [5, 5.41) is 8.94. The summed E-state index contributed by atoms with van der Waals surface area (Å²) in [5.74, 6) is 0.132. The van der Waals surface area contributed by atoms with E-state index in [9.17, 15) is 4.79 Å². The number of amides is 1. The summed E-state index contributed by atoms with van der Waals surface area (Å²) in [4.78, 5) is 13.7. The Morgan fingerprint density at radius 2 is 2.11 bits per heavy atom. The molecule has 0 saturated heterocycles. The smallest absolute Gasteiger partial charge is 0.222 e. The van der Waals surface area contributed by atoms with Gasteiger partial charge in [0.15, 0.2) is 0 Å². The molecule has 0 aromatic heterocycles. The van der Waals surface area contributed by atoms with E-state index in [0.717, 1.165) is 19.4 Å². The number of hydrogen-bond acceptors (Lipinski definition) is 2. The summed E-state index contributed by atoms with van der Waals surface area (Å²) >= 11 is 0. The van der Waals surface area contributed by atoms with Crippen molar-refractivity contribution >= 4 is 5.91 Å². The molecule has 0 radical (unpaired) electrons. The molecule has 0 unspecified atom stereocenters. The van der Waals surface area contributed by atoms with Gasteiger partial charge in [0.1, 0.15) is 0 Å². The van der Waals surface area contributed by atoms with Crippen LogP contribution >= 0.6 is 0 Å². The number of aliphatic hydroxyl groups excluding tert-OH is 1. The van der Waals surface area contributed by atoms with Gasteiger partial charge in [0.2, 0.25) is 5.91 Å². The molecule has 1 rings (SSSR count). The molecule has 1 N–H and O–H groups in total. The summed E-state index contributed by atoms with van der Waals surface area (Å²) < 4.78 is 0. The van der Waals surface area contributed by atoms with Crippen LogP contribution in [-0.4, -0.2) is 35.6 Å². The van der Waals surface area contributed by atoms with Crippen LogP contribution in [0.15, 0.2) is 24.3 Å². The highest BCUT2D eigenvalue weighted by molar-refractivity contribution is 5.76. The predicted octanol–water partition coefficient (Wildman–Crippen LogP) is 2.16. The molecular weight excluding hydrogens is 226 g/mol. The molecule has 0 heterocycles. The van der Waals surface area contributed by atoms with E-state index in [2.05, 4.69) is 25.1 Å². The number of rotatable bonds is 7. The largest absolute Gasteiger partial charge is 0.395 e. The monoisotopic (exact) mass is 249 g/mol. The molecule has 0 aliphatic heterocycles. The zero-order valence-corrected chi connectivity index (χ0v) is 11.4. The van der Waals surface area contributed by atoms with Crippen molar-refractivity contribution in [3.63, 3.8) is 0 Å². The van der Waals surface area contributed by atoms with Gasteiger partial charge in [-0.05, 0) is 25.3 Å². The third kappa shape index (κ3) is 4.88. The van der Waals surface area contributed by atoms with Crippen molar-refractivity contribution in [3.05, 3.63) is 35.4 Å². The highest BCUT2D eigenvalue weighted by atomic mass is 16.3. The average Bonchev–Trinajstić information content (AvgIpc) is 2.36. The van der Waals surface area contributed by atoms with Gasteiger partial charge in [-0.1, -0.05) is 36.8 Å². The van der Waals surface area contributed by atoms with Crippen molar-refractivity contribution in [2.24, 2.45) is 0 Å². The van der Waals surface area contributed by atoms with E-state index in [0.29, 0.717) is 13.0 Å². The van der Waals surface area contributed by atoms with Gasteiger partial charge in [-0.3, -0.25) is 4.79 Å². The van der Waals surface area contributed by atoms with Crippen LogP contribution in [0.1, 0.15) is 30.9 Å². The fraction of sp³-hybridized carbons (Fsp3) is 0.533. The number of carbonyl (C=O) groups excluding carboxylic acids is 1. The maximum absolute atomic E-state index is 12.0. The van der Waals surface area contributed by atoms with Crippen LogP contribution in [0.5, 0.6) is 0 Å². The Morgan fingerprint density at radius 1 is 1.33 bits per heavy atom. The normalized spacial score (nSPS) is 10.4. The average molecular weight is 249 g/mol. The number of nitrogens with zero attached hydrogens (tertiary/aromatic N) is 1. The van der Waals surface area contributed by atoms with E-state index in [-0.39, 0.29) is 12.5 Å². The van der Waals surface area contributed by atoms with Gasteiger partial charge in [0.25, 0.3) is 0 Å². The lowest BCUT2D eigenvalue weighted by molar-refractivity contribution is -0.131. The first kappa shape index (κ1) is 14.7. The maximum Gasteiger partial charge on any atom is 0.222 e. The van der Waals surface area contributed by atoms with Gasteiger partial charge in [-0.25, -0.2) is 0 Å². The molecule has 3 heteroatoms. The van der Waals surface area contributed by atoms with Gasteiger partial charge in [0, 0.05) is 19.5 Å². The lowest BCUT2D eigenvalue weighted by Crippen LogP contribution is -2.34. The van der Waals surface area contributed by atoms with E-state index in [1.807, 2.05) is 13.0 Å². The van der Waals surface area contributed by atoms with Crippen LogP contribution in [0.3, 0.4) is 0 Å². The van der Waals surface area contributed by atoms with Crippen molar-refractivity contribution in [2.75, 3.05) is 19.7 Å². The molecule has 18 heavy (non-hydrogen) atoms. The molecule has 0 saturated carbocycles. The molecule has 100 valence electrons. The lowest BCUT2D eigenvalue weighted by atomic mass is 10.1. The first-order chi connectivity index (χ1) is 8.67. The fourth-order valence-corrected chi connectivity index (χ4v) is 2.03. The van der Waals surface area contributed by atoms with Crippen LogP contribution in [0.2, 0.25) is 0 Å². The highest BCUT2D eigenvalue weighted by Crippen LogP contribution is 2.08. The van der Waals surface area contributed by atoms with Crippen LogP contribution in [0.25, 0.3) is 0 Å². The summed E-state index contributed by atoms with van der Waals surface area (Å²) in [6.45, 7) is 5.31. The van der Waals surface area contributed by atoms with E-state index in [1.165, 1.54) is 11.1 Å². The van der Waals surface area contributed by atoms with Crippen molar-refractivity contribution < 1.29 is 9.90 Å². The zero-order valence-electron chi connectivity index (χ0n) is 11.4. The van der Waals surface area contributed by atoms with Crippen molar-refractivity contribution in [2.45, 2.75) is 33.1 Å². The van der Waals surface area contributed by atoms with E-state index in [1.54, 1.807) is 4.90 Å². The summed E-state index contributed by atoms with van der Waals surface area (Å²) in [6.07, 6.45) is 2.21. The van der Waals surface area contributed by atoms with Crippen LogP contribution in [0.4, 0.5) is 0 Å². The minimum Gasteiger partial charge on any atom is -0.395 e. The standard InChI is InChI=1S/C15H23NO2/c1-3-9-16(10-11-17)15(18)8-7-14-6-4-5-13(2)12-14/h4-6,12,17H,3,7-11H2,1-2H3. The Bertz CT molecular complexity index is 371. The quantitative estimate of drug-likeness (QED) is 0.804. The van der Waals surface area contributed by atoms with Crippen LogP contribution in [-0.2, 0) is 11.2 Å². The minimum absolute atomic E-state index is 0.0379. The lowest BCUT2D eigenvalue weighted by Gasteiger charge is -2.21. The molecule has 0 aliphatic rings. The second-order valence-electron chi connectivity index (χ2n) is 4.59. The summed E-state index contributed by atoms with van der Waals surface area (Å²) in [6, 6.07) is 8.24. The minimum atomic E-state index is 0.0379. The second kappa shape index (κ2) is 7.88. The molecule has 0 fully saturated rings. The molecule has 0 spiro atoms. The van der Waals surface area contributed by atoms with Gasteiger partial charge in [0.05, 0.1) is 6.61 Å². The van der Waals surface area contributed by atoms with Crippen molar-refractivity contribution in [1.82, 2.24) is 4.90 Å². The number of benzene rings is 1. The zero-order chi connectivity index (χ0) is 13.4. The summed E-state index contributed by atoms with van der Waals surface area (Å²) in [7, 11) is 0. The van der Waals surface area contributed by atoms with E-state index in [4.69, 9.17) is 5.11 Å². The predicted molar refractivity (Wildman–Crippen MR) is 73.5 cm³/mol. The first-order valence-electron chi connectivity index (χ1n) is 6.61. The summed E-state index contributed by atoms with van der Waals surface area (Å²) in [5.41, 5.74) is 2.42. The third-order valence-electron chi connectivity index (χ3n) is 2.93. The molecule has 0 aliphatic carbocycles. The molecule has 1 aromatic carbocycles. The first-order valence-corrected chi connectivity index (χ1v) is 6.61. The molecule has 1 aromatic rings. The Hall–Kier alpha value is -1.35. The van der Waals surface area contributed by atoms with Gasteiger partial charge >= 0.3 is 0 Å².